The largest absolute Gasteiger partial charge is 0.467 e. The Morgan fingerprint density at radius 1 is 1.63 bits per heavy atom. The molecule has 0 fully saturated rings. The van der Waals surface area contributed by atoms with Gasteiger partial charge in [0.05, 0.1) is 31.1 Å². The molecular weight excluding hydrogens is 242 g/mol. The van der Waals surface area contributed by atoms with Crippen LogP contribution in [0.3, 0.4) is 0 Å². The van der Waals surface area contributed by atoms with Gasteiger partial charge in [0.15, 0.2) is 0 Å². The third kappa shape index (κ3) is 2.68. The average molecular weight is 257 g/mol. The van der Waals surface area contributed by atoms with Gasteiger partial charge in [-0.05, 0) is 19.1 Å². The minimum absolute atomic E-state index is 0.139. The highest BCUT2D eigenvalue weighted by Gasteiger charge is 2.20. The van der Waals surface area contributed by atoms with Crippen molar-refractivity contribution in [3.05, 3.63) is 41.6 Å². The van der Waals surface area contributed by atoms with Crippen LogP contribution in [0.4, 0.5) is 0 Å². The molecule has 0 saturated carbocycles. The molecule has 5 heteroatoms. The van der Waals surface area contributed by atoms with Crippen LogP contribution in [-0.2, 0) is 13.6 Å². The molecule has 0 N–H and O–H groups in total. The molecular formula is C14H15N3O2. The predicted molar refractivity (Wildman–Crippen MR) is 70.2 cm³/mol. The maximum absolute atomic E-state index is 12.4. The van der Waals surface area contributed by atoms with E-state index in [2.05, 4.69) is 11.0 Å². The van der Waals surface area contributed by atoms with Crippen molar-refractivity contribution in [1.82, 2.24) is 14.7 Å². The zero-order valence-corrected chi connectivity index (χ0v) is 11.0. The van der Waals surface area contributed by atoms with E-state index in [1.54, 1.807) is 35.2 Å². The van der Waals surface area contributed by atoms with Crippen molar-refractivity contribution in [2.75, 3.05) is 6.54 Å². The van der Waals surface area contributed by atoms with Crippen molar-refractivity contribution < 1.29 is 9.21 Å². The second kappa shape index (κ2) is 5.44. The van der Waals surface area contributed by atoms with E-state index in [1.165, 1.54) is 0 Å². The molecule has 2 heterocycles. The lowest BCUT2D eigenvalue weighted by Gasteiger charge is -2.18. The Balaban J connectivity index is 2.22. The summed E-state index contributed by atoms with van der Waals surface area (Å²) >= 11 is 0. The van der Waals surface area contributed by atoms with Gasteiger partial charge in [-0.1, -0.05) is 5.92 Å². The van der Waals surface area contributed by atoms with Crippen LogP contribution in [0, 0.1) is 19.3 Å². The lowest BCUT2D eigenvalue weighted by Crippen LogP contribution is -2.31. The molecule has 1 amide bonds. The molecule has 2 aromatic heterocycles. The average Bonchev–Trinajstić information content (AvgIpc) is 3.00. The Bertz CT molecular complexity index is 605. The zero-order chi connectivity index (χ0) is 13.8. The van der Waals surface area contributed by atoms with Gasteiger partial charge in [-0.15, -0.1) is 6.42 Å². The Morgan fingerprint density at radius 2 is 2.42 bits per heavy atom. The van der Waals surface area contributed by atoms with E-state index in [1.807, 2.05) is 13.0 Å². The van der Waals surface area contributed by atoms with Gasteiger partial charge in [0.25, 0.3) is 5.91 Å². The van der Waals surface area contributed by atoms with Gasteiger partial charge in [-0.25, -0.2) is 0 Å². The fraction of sp³-hybridized carbons (Fsp3) is 0.286. The summed E-state index contributed by atoms with van der Waals surface area (Å²) in [5.74, 6) is 3.05. The Hall–Kier alpha value is -2.48. The van der Waals surface area contributed by atoms with Crippen molar-refractivity contribution >= 4 is 5.91 Å². The summed E-state index contributed by atoms with van der Waals surface area (Å²) in [5, 5.41) is 4.07. The SMILES string of the molecule is C#CCN(Cc1ccco1)C(=O)c1cnn(C)c1C. The van der Waals surface area contributed by atoms with Gasteiger partial charge in [0, 0.05) is 12.7 Å². The molecule has 0 aromatic carbocycles. The second-order valence-electron chi connectivity index (χ2n) is 4.21. The van der Waals surface area contributed by atoms with Gasteiger partial charge < -0.3 is 9.32 Å². The summed E-state index contributed by atoms with van der Waals surface area (Å²) in [6.45, 7) is 2.43. The molecule has 0 aliphatic rings. The van der Waals surface area contributed by atoms with E-state index in [0.717, 1.165) is 5.69 Å². The first-order valence-electron chi connectivity index (χ1n) is 5.87. The fourth-order valence-electron chi connectivity index (χ4n) is 1.78. The highest BCUT2D eigenvalue weighted by atomic mass is 16.3. The first-order chi connectivity index (χ1) is 9.13. The third-order valence-corrected chi connectivity index (χ3v) is 2.96. The Kier molecular flexibility index (Phi) is 3.71. The molecule has 0 radical (unpaired) electrons. The summed E-state index contributed by atoms with van der Waals surface area (Å²) in [6.07, 6.45) is 8.45. The molecule has 2 rings (SSSR count). The zero-order valence-electron chi connectivity index (χ0n) is 11.0. The number of hydrogen-bond donors (Lipinski definition) is 0. The van der Waals surface area contributed by atoms with E-state index in [4.69, 9.17) is 10.8 Å². The van der Waals surface area contributed by atoms with Gasteiger partial charge >= 0.3 is 0 Å². The Labute approximate surface area is 111 Å². The molecule has 2 aromatic rings. The molecule has 0 atom stereocenters. The van der Waals surface area contributed by atoms with E-state index in [9.17, 15) is 4.79 Å². The topological polar surface area (TPSA) is 51.3 Å². The summed E-state index contributed by atoms with van der Waals surface area (Å²) in [7, 11) is 1.80. The van der Waals surface area contributed by atoms with Crippen LogP contribution in [0.15, 0.2) is 29.0 Å². The minimum Gasteiger partial charge on any atom is -0.467 e. The van der Waals surface area contributed by atoms with Crippen LogP contribution in [0.1, 0.15) is 21.8 Å². The Morgan fingerprint density at radius 3 is 2.95 bits per heavy atom. The highest BCUT2D eigenvalue weighted by Crippen LogP contribution is 2.13. The molecule has 0 spiro atoms. The maximum Gasteiger partial charge on any atom is 0.258 e. The number of carbonyl (C=O) groups is 1. The lowest BCUT2D eigenvalue weighted by molar-refractivity contribution is 0.0754. The first kappa shape index (κ1) is 13.0. The van der Waals surface area contributed by atoms with Gasteiger partial charge in [-0.3, -0.25) is 9.48 Å². The number of rotatable bonds is 4. The van der Waals surface area contributed by atoms with Crippen LogP contribution < -0.4 is 0 Å². The van der Waals surface area contributed by atoms with Crippen LogP contribution in [0.2, 0.25) is 0 Å². The molecule has 19 heavy (non-hydrogen) atoms. The van der Waals surface area contributed by atoms with Crippen LogP contribution in [0.5, 0.6) is 0 Å². The van der Waals surface area contributed by atoms with E-state index in [-0.39, 0.29) is 12.5 Å². The summed E-state index contributed by atoms with van der Waals surface area (Å²) in [4.78, 5) is 14.0. The van der Waals surface area contributed by atoms with Crippen LogP contribution in [0.25, 0.3) is 0 Å². The number of furan rings is 1. The third-order valence-electron chi connectivity index (χ3n) is 2.96. The summed E-state index contributed by atoms with van der Waals surface area (Å²) in [6, 6.07) is 3.59. The number of amides is 1. The van der Waals surface area contributed by atoms with Crippen LogP contribution >= 0.6 is 0 Å². The number of aromatic nitrogens is 2. The number of nitrogens with zero attached hydrogens (tertiary/aromatic N) is 3. The van der Waals surface area contributed by atoms with E-state index in [0.29, 0.717) is 17.9 Å². The van der Waals surface area contributed by atoms with Crippen molar-refractivity contribution in [3.63, 3.8) is 0 Å². The smallest absolute Gasteiger partial charge is 0.258 e. The van der Waals surface area contributed by atoms with Gasteiger partial charge in [0.1, 0.15) is 5.76 Å². The molecule has 98 valence electrons. The molecule has 5 nitrogen and oxygen atoms in total. The second-order valence-corrected chi connectivity index (χ2v) is 4.21. The standard InChI is InChI=1S/C14H15N3O2/c1-4-7-17(10-12-6-5-8-19-12)14(18)13-9-15-16(3)11(13)2/h1,5-6,8-9H,7,10H2,2-3H3. The maximum atomic E-state index is 12.4. The fourth-order valence-corrected chi connectivity index (χ4v) is 1.78. The van der Waals surface area contributed by atoms with E-state index >= 15 is 0 Å². The summed E-state index contributed by atoms with van der Waals surface area (Å²) in [5.41, 5.74) is 1.37. The molecule has 0 saturated heterocycles. The number of carbonyl (C=O) groups excluding carboxylic acids is 1. The minimum atomic E-state index is -0.139. The number of aryl methyl sites for hydroxylation is 1. The van der Waals surface area contributed by atoms with Crippen molar-refractivity contribution in [3.8, 4) is 12.3 Å². The monoisotopic (exact) mass is 257 g/mol. The predicted octanol–water partition coefficient (Wildman–Crippen LogP) is 1.60. The van der Waals surface area contributed by atoms with Gasteiger partial charge in [0.2, 0.25) is 0 Å². The van der Waals surface area contributed by atoms with Crippen molar-refractivity contribution in [2.45, 2.75) is 13.5 Å². The molecule has 0 unspecified atom stereocenters. The molecule has 0 aliphatic heterocycles. The highest BCUT2D eigenvalue weighted by molar-refractivity contribution is 5.95. The van der Waals surface area contributed by atoms with Crippen molar-refractivity contribution in [1.29, 1.82) is 0 Å². The quantitative estimate of drug-likeness (QED) is 0.782. The van der Waals surface area contributed by atoms with Crippen LogP contribution in [-0.4, -0.2) is 27.1 Å². The normalized spacial score (nSPS) is 10.2. The van der Waals surface area contributed by atoms with Gasteiger partial charge in [-0.2, -0.15) is 5.10 Å². The summed E-state index contributed by atoms with van der Waals surface area (Å²) < 4.78 is 6.91. The van der Waals surface area contributed by atoms with Crippen molar-refractivity contribution in [2.24, 2.45) is 7.05 Å². The van der Waals surface area contributed by atoms with E-state index < -0.39 is 0 Å². The number of terminal acetylenes is 1. The lowest BCUT2D eigenvalue weighted by atomic mass is 10.2. The molecule has 0 aliphatic carbocycles. The number of hydrogen-bond acceptors (Lipinski definition) is 3. The molecule has 0 bridgehead atoms. The first-order valence-corrected chi connectivity index (χ1v) is 5.87.